The number of hydrogen-bond acceptors (Lipinski definition) is 3. The fraction of sp³-hybridized carbons (Fsp3) is 0.172. The third kappa shape index (κ3) is 5.47. The topological polar surface area (TPSA) is 45.9 Å². The Morgan fingerprint density at radius 1 is 0.912 bits per heavy atom. The second-order valence-electron chi connectivity index (χ2n) is 8.11. The van der Waals surface area contributed by atoms with Crippen LogP contribution >= 0.6 is 0 Å². The molecule has 3 nitrogen and oxygen atoms in total. The first kappa shape index (κ1) is 23.1. The van der Waals surface area contributed by atoms with Gasteiger partial charge in [0.15, 0.2) is 0 Å². The lowest BCUT2D eigenvalue weighted by molar-refractivity contribution is 0.361. The highest BCUT2D eigenvalue weighted by molar-refractivity contribution is 5.84. The molecule has 0 atom stereocenters. The van der Waals surface area contributed by atoms with Crippen molar-refractivity contribution in [2.45, 2.75) is 25.7 Å². The largest absolute Gasteiger partial charge is 0.488 e. The maximum absolute atomic E-state index is 15.1. The number of benzene rings is 3. The molecular weight excluding hydrogens is 430 g/mol. The summed E-state index contributed by atoms with van der Waals surface area (Å²) in [7, 11) is 0. The van der Waals surface area contributed by atoms with Crippen LogP contribution in [0.1, 0.15) is 27.9 Å². The number of aryl methyl sites for hydroxylation is 4. The van der Waals surface area contributed by atoms with Gasteiger partial charge in [0.05, 0.1) is 11.8 Å². The Bertz CT molecular complexity index is 1360. The van der Waals surface area contributed by atoms with E-state index in [-0.39, 0.29) is 11.4 Å². The molecule has 170 valence electrons. The standard InChI is InChI=1S/C29H24F2N2O/c1-2-15-34-26-13-12-25(33-19-26)11-5-20-6-14-27-23(16-20)10-9-22(29(27)31)7-3-21-4-8-24(18-32)28(30)17-21/h2,4,6,8-10,12-14,16-17,19H,1,3,5,7,11,15H2. The van der Waals surface area contributed by atoms with Crippen molar-refractivity contribution in [2.24, 2.45) is 0 Å². The van der Waals surface area contributed by atoms with Crippen LogP contribution in [0.2, 0.25) is 0 Å². The van der Waals surface area contributed by atoms with E-state index in [1.54, 1.807) is 24.4 Å². The number of fused-ring (bicyclic) bond motifs is 1. The summed E-state index contributed by atoms with van der Waals surface area (Å²) in [5.41, 5.74) is 3.42. The number of ether oxygens (including phenoxy) is 1. The molecule has 3 aromatic carbocycles. The molecule has 0 unspecified atom stereocenters. The van der Waals surface area contributed by atoms with E-state index in [2.05, 4.69) is 11.6 Å². The molecular formula is C29H24F2N2O. The van der Waals surface area contributed by atoms with Gasteiger partial charge < -0.3 is 4.74 Å². The van der Waals surface area contributed by atoms with Crippen LogP contribution in [0, 0.1) is 23.0 Å². The zero-order valence-corrected chi connectivity index (χ0v) is 18.7. The van der Waals surface area contributed by atoms with Crippen molar-refractivity contribution < 1.29 is 13.5 Å². The van der Waals surface area contributed by atoms with Crippen LogP contribution in [0.25, 0.3) is 10.8 Å². The van der Waals surface area contributed by atoms with Crippen LogP contribution in [0.15, 0.2) is 79.5 Å². The van der Waals surface area contributed by atoms with Crippen molar-refractivity contribution in [1.29, 1.82) is 5.26 Å². The first-order valence-electron chi connectivity index (χ1n) is 11.1. The molecule has 4 rings (SSSR count). The van der Waals surface area contributed by atoms with Crippen LogP contribution in [-0.4, -0.2) is 11.6 Å². The van der Waals surface area contributed by atoms with Gasteiger partial charge in [-0.25, -0.2) is 8.78 Å². The van der Waals surface area contributed by atoms with Crippen LogP contribution in [0.4, 0.5) is 8.78 Å². The Hall–Kier alpha value is -4.04. The third-order valence-corrected chi connectivity index (χ3v) is 5.77. The first-order chi connectivity index (χ1) is 16.6. The minimum absolute atomic E-state index is 0.0155. The van der Waals surface area contributed by atoms with E-state index in [1.165, 1.54) is 12.1 Å². The molecule has 0 aliphatic heterocycles. The Kier molecular flexibility index (Phi) is 7.29. The first-order valence-corrected chi connectivity index (χ1v) is 11.1. The van der Waals surface area contributed by atoms with Gasteiger partial charge in [0.1, 0.15) is 30.1 Å². The van der Waals surface area contributed by atoms with Gasteiger partial charge in [-0.1, -0.05) is 49.1 Å². The van der Waals surface area contributed by atoms with E-state index in [0.29, 0.717) is 36.1 Å². The molecule has 0 saturated heterocycles. The van der Waals surface area contributed by atoms with Crippen molar-refractivity contribution in [2.75, 3.05) is 6.61 Å². The predicted octanol–water partition coefficient (Wildman–Crippen LogP) is 6.52. The molecule has 0 amide bonds. The molecule has 4 aromatic rings. The number of pyridine rings is 1. The predicted molar refractivity (Wildman–Crippen MR) is 130 cm³/mol. The number of aromatic nitrogens is 1. The van der Waals surface area contributed by atoms with E-state index < -0.39 is 5.82 Å². The highest BCUT2D eigenvalue weighted by Crippen LogP contribution is 2.24. The Labute approximate surface area is 198 Å². The van der Waals surface area contributed by atoms with Crippen LogP contribution in [0.3, 0.4) is 0 Å². The Morgan fingerprint density at radius 2 is 1.71 bits per heavy atom. The SMILES string of the molecule is C=CCOc1ccc(CCc2ccc3c(F)c(CCc4ccc(C#N)c(F)c4)ccc3c2)nc1. The third-order valence-electron chi connectivity index (χ3n) is 5.77. The summed E-state index contributed by atoms with van der Waals surface area (Å²) in [6.45, 7) is 4.08. The lowest BCUT2D eigenvalue weighted by atomic mass is 9.97. The molecule has 0 aliphatic rings. The van der Waals surface area contributed by atoms with Crippen LogP contribution in [-0.2, 0) is 25.7 Å². The monoisotopic (exact) mass is 454 g/mol. The smallest absolute Gasteiger partial charge is 0.141 e. The van der Waals surface area contributed by atoms with Gasteiger partial charge >= 0.3 is 0 Å². The molecule has 0 saturated carbocycles. The number of nitriles is 1. The van der Waals surface area contributed by atoms with Gasteiger partial charge in [0.25, 0.3) is 0 Å². The molecule has 1 aromatic heterocycles. The highest BCUT2D eigenvalue weighted by atomic mass is 19.1. The van der Waals surface area contributed by atoms with Gasteiger partial charge in [-0.2, -0.15) is 5.26 Å². The molecule has 5 heteroatoms. The van der Waals surface area contributed by atoms with Crippen molar-refractivity contribution in [3.05, 3.63) is 119 Å². The maximum atomic E-state index is 15.1. The molecule has 0 N–H and O–H groups in total. The lowest BCUT2D eigenvalue weighted by Gasteiger charge is -2.09. The van der Waals surface area contributed by atoms with Crippen molar-refractivity contribution in [3.63, 3.8) is 0 Å². The summed E-state index contributed by atoms with van der Waals surface area (Å²) in [5, 5.41) is 10.3. The fourth-order valence-corrected chi connectivity index (χ4v) is 3.89. The number of rotatable bonds is 9. The van der Waals surface area contributed by atoms with Crippen molar-refractivity contribution in [1.82, 2.24) is 4.98 Å². The van der Waals surface area contributed by atoms with E-state index in [9.17, 15) is 4.39 Å². The van der Waals surface area contributed by atoms with Crippen LogP contribution < -0.4 is 4.74 Å². The lowest BCUT2D eigenvalue weighted by Crippen LogP contribution is -1.99. The second kappa shape index (κ2) is 10.7. The number of hydrogen-bond donors (Lipinski definition) is 0. The average molecular weight is 455 g/mol. The minimum atomic E-state index is -0.543. The summed E-state index contributed by atoms with van der Waals surface area (Å²) >= 11 is 0. The van der Waals surface area contributed by atoms with Gasteiger partial charge in [-0.3, -0.25) is 4.98 Å². The molecule has 0 bridgehead atoms. The fourth-order valence-electron chi connectivity index (χ4n) is 3.89. The van der Waals surface area contributed by atoms with Gasteiger partial charge in [0, 0.05) is 11.1 Å². The van der Waals surface area contributed by atoms with Crippen LogP contribution in [0.5, 0.6) is 5.75 Å². The van der Waals surface area contributed by atoms with Crippen molar-refractivity contribution in [3.8, 4) is 11.8 Å². The second-order valence-corrected chi connectivity index (χ2v) is 8.11. The molecule has 1 heterocycles. The van der Waals surface area contributed by atoms with E-state index in [1.807, 2.05) is 42.5 Å². The van der Waals surface area contributed by atoms with Crippen molar-refractivity contribution >= 4 is 10.8 Å². The number of nitrogens with zero attached hydrogens (tertiary/aromatic N) is 2. The minimum Gasteiger partial charge on any atom is -0.488 e. The van der Waals surface area contributed by atoms with E-state index in [0.717, 1.165) is 35.0 Å². The zero-order valence-electron chi connectivity index (χ0n) is 18.7. The molecule has 34 heavy (non-hydrogen) atoms. The van der Waals surface area contributed by atoms with Gasteiger partial charge in [-0.15, -0.1) is 0 Å². The number of halogens is 2. The Balaban J connectivity index is 1.41. The van der Waals surface area contributed by atoms with E-state index >= 15 is 4.39 Å². The zero-order chi connectivity index (χ0) is 23.9. The molecule has 0 fully saturated rings. The summed E-state index contributed by atoms with van der Waals surface area (Å²) in [5.74, 6) is -0.0708. The summed E-state index contributed by atoms with van der Waals surface area (Å²) in [4.78, 5) is 4.44. The molecule has 0 radical (unpaired) electrons. The summed E-state index contributed by atoms with van der Waals surface area (Å²) < 4.78 is 34.4. The summed E-state index contributed by atoms with van der Waals surface area (Å²) in [6, 6.07) is 19.7. The van der Waals surface area contributed by atoms with Gasteiger partial charge in [0.2, 0.25) is 0 Å². The maximum Gasteiger partial charge on any atom is 0.141 e. The summed E-state index contributed by atoms with van der Waals surface area (Å²) in [6.07, 6.45) is 5.91. The highest BCUT2D eigenvalue weighted by Gasteiger charge is 2.10. The van der Waals surface area contributed by atoms with E-state index in [4.69, 9.17) is 10.00 Å². The molecule has 0 spiro atoms. The Morgan fingerprint density at radius 3 is 2.44 bits per heavy atom. The quantitative estimate of drug-likeness (QED) is 0.271. The normalized spacial score (nSPS) is 10.7. The molecule has 0 aliphatic carbocycles. The average Bonchev–Trinajstić information content (AvgIpc) is 2.86. The van der Waals surface area contributed by atoms with Gasteiger partial charge in [-0.05, 0) is 72.0 Å².